The maximum absolute atomic E-state index is 13.5. The molecule has 0 aliphatic heterocycles. The van der Waals surface area contributed by atoms with Crippen molar-refractivity contribution in [1.82, 2.24) is 0 Å². The molecule has 0 aliphatic carbocycles. The fourth-order valence-electron chi connectivity index (χ4n) is 1.36. The van der Waals surface area contributed by atoms with Crippen molar-refractivity contribution in [3.05, 3.63) is 35.4 Å². The van der Waals surface area contributed by atoms with Crippen molar-refractivity contribution < 1.29 is 17.2 Å². The van der Waals surface area contributed by atoms with Crippen LogP contribution in [0.25, 0.3) is 0 Å². The van der Waals surface area contributed by atoms with Crippen LogP contribution < -0.4 is 5.73 Å². The molecule has 1 aromatic carbocycles. The maximum Gasteiger partial charge on any atom is 0.154 e. The Morgan fingerprint density at radius 2 is 1.82 bits per heavy atom. The molecule has 0 heterocycles. The average molecular weight is 263 g/mol. The van der Waals surface area contributed by atoms with E-state index >= 15 is 0 Å². The molecule has 0 radical (unpaired) electrons. The van der Waals surface area contributed by atoms with E-state index in [1.165, 1.54) is 19.9 Å². The smallest absolute Gasteiger partial charge is 0.154 e. The van der Waals surface area contributed by atoms with E-state index in [4.69, 9.17) is 5.73 Å². The summed E-state index contributed by atoms with van der Waals surface area (Å²) in [6, 6.07) is 1.85. The quantitative estimate of drug-likeness (QED) is 0.904. The van der Waals surface area contributed by atoms with Crippen LogP contribution in [-0.4, -0.2) is 19.4 Å². The monoisotopic (exact) mass is 263 g/mol. The first kappa shape index (κ1) is 14.1. The molecule has 0 saturated carbocycles. The molecule has 3 nitrogen and oxygen atoms in total. The third-order valence-electron chi connectivity index (χ3n) is 3.00. The van der Waals surface area contributed by atoms with E-state index in [9.17, 15) is 17.2 Å². The van der Waals surface area contributed by atoms with E-state index in [1.54, 1.807) is 0 Å². The van der Waals surface area contributed by atoms with Gasteiger partial charge in [-0.05, 0) is 19.9 Å². The van der Waals surface area contributed by atoms with Gasteiger partial charge >= 0.3 is 0 Å². The Kier molecular flexibility index (Phi) is 3.59. The molecule has 0 fully saturated rings. The molecular formula is C11H15F2NO2S. The molecule has 17 heavy (non-hydrogen) atoms. The lowest BCUT2D eigenvalue weighted by atomic mass is 9.95. The predicted molar refractivity (Wildman–Crippen MR) is 62.2 cm³/mol. The summed E-state index contributed by atoms with van der Waals surface area (Å²) < 4.78 is 48.1. The SMILES string of the molecule is CC(C)(C(N)c1ccc(F)cc1F)S(C)(=O)=O. The third kappa shape index (κ3) is 2.63. The second-order valence-corrected chi connectivity index (χ2v) is 7.12. The minimum Gasteiger partial charge on any atom is -0.323 e. The van der Waals surface area contributed by atoms with Crippen molar-refractivity contribution in [1.29, 1.82) is 0 Å². The first-order valence-corrected chi connectivity index (χ1v) is 6.86. The Balaban J connectivity index is 3.26. The molecule has 1 aromatic rings. The van der Waals surface area contributed by atoms with Crippen LogP contribution in [0.2, 0.25) is 0 Å². The third-order valence-corrected chi connectivity index (χ3v) is 5.17. The predicted octanol–water partition coefficient (Wildman–Crippen LogP) is 1.79. The van der Waals surface area contributed by atoms with E-state index in [1.807, 2.05) is 0 Å². The number of nitrogens with two attached hydrogens (primary N) is 1. The molecule has 0 aromatic heterocycles. The molecule has 96 valence electrons. The van der Waals surface area contributed by atoms with Crippen LogP contribution in [0.1, 0.15) is 25.5 Å². The van der Waals surface area contributed by atoms with Crippen LogP contribution in [0.3, 0.4) is 0 Å². The lowest BCUT2D eigenvalue weighted by Crippen LogP contribution is -2.42. The number of sulfone groups is 1. The van der Waals surface area contributed by atoms with Crippen molar-refractivity contribution in [3.8, 4) is 0 Å². The van der Waals surface area contributed by atoms with Crippen molar-refractivity contribution >= 4 is 9.84 Å². The zero-order chi connectivity index (χ0) is 13.4. The van der Waals surface area contributed by atoms with Gasteiger partial charge in [-0.15, -0.1) is 0 Å². The molecule has 1 atom stereocenters. The van der Waals surface area contributed by atoms with E-state index in [-0.39, 0.29) is 5.56 Å². The molecule has 1 rings (SSSR count). The molecule has 1 unspecified atom stereocenters. The minimum absolute atomic E-state index is 0.0122. The summed E-state index contributed by atoms with van der Waals surface area (Å²) >= 11 is 0. The topological polar surface area (TPSA) is 60.2 Å². The van der Waals surface area contributed by atoms with Crippen LogP contribution in [0, 0.1) is 11.6 Å². The highest BCUT2D eigenvalue weighted by Crippen LogP contribution is 2.31. The lowest BCUT2D eigenvalue weighted by Gasteiger charge is -2.30. The Hall–Kier alpha value is -1.01. The van der Waals surface area contributed by atoms with E-state index in [2.05, 4.69) is 0 Å². The molecule has 0 bridgehead atoms. The van der Waals surface area contributed by atoms with E-state index < -0.39 is 32.3 Å². The highest BCUT2D eigenvalue weighted by molar-refractivity contribution is 7.92. The van der Waals surface area contributed by atoms with Gasteiger partial charge in [-0.3, -0.25) is 0 Å². The first-order valence-electron chi connectivity index (χ1n) is 4.97. The van der Waals surface area contributed by atoms with Gasteiger partial charge in [-0.2, -0.15) is 0 Å². The summed E-state index contributed by atoms with van der Waals surface area (Å²) in [5.74, 6) is -1.56. The first-order chi connectivity index (χ1) is 7.57. The summed E-state index contributed by atoms with van der Waals surface area (Å²) in [6.45, 7) is 2.82. The Bertz CT molecular complexity index is 526. The summed E-state index contributed by atoms with van der Waals surface area (Å²) in [6.07, 6.45) is 1.04. The normalized spacial score (nSPS) is 14.7. The summed E-state index contributed by atoms with van der Waals surface area (Å²) in [7, 11) is -3.46. The highest BCUT2D eigenvalue weighted by Gasteiger charge is 2.38. The van der Waals surface area contributed by atoms with Crippen molar-refractivity contribution in [2.75, 3.05) is 6.26 Å². The molecule has 6 heteroatoms. The minimum atomic E-state index is -3.46. The fraction of sp³-hybridized carbons (Fsp3) is 0.455. The van der Waals surface area contributed by atoms with Crippen molar-refractivity contribution in [3.63, 3.8) is 0 Å². The molecular weight excluding hydrogens is 248 g/mol. The van der Waals surface area contributed by atoms with Gasteiger partial charge in [0.25, 0.3) is 0 Å². The standard InChI is InChI=1S/C11H15F2NO2S/c1-11(2,17(3,15)16)10(14)8-5-4-7(12)6-9(8)13/h4-6,10H,14H2,1-3H3. The highest BCUT2D eigenvalue weighted by atomic mass is 32.2. The molecule has 0 amide bonds. The summed E-state index contributed by atoms with van der Waals surface area (Å²) in [5, 5.41) is 0. The number of hydrogen-bond acceptors (Lipinski definition) is 3. The molecule has 0 spiro atoms. The van der Waals surface area contributed by atoms with Crippen molar-refractivity contribution in [2.45, 2.75) is 24.6 Å². The van der Waals surface area contributed by atoms with Crippen LogP contribution >= 0.6 is 0 Å². The fourth-order valence-corrected chi connectivity index (χ4v) is 1.95. The zero-order valence-electron chi connectivity index (χ0n) is 9.87. The van der Waals surface area contributed by atoms with Gasteiger partial charge in [-0.25, -0.2) is 17.2 Å². The van der Waals surface area contributed by atoms with Crippen LogP contribution in [0.4, 0.5) is 8.78 Å². The van der Waals surface area contributed by atoms with Crippen molar-refractivity contribution in [2.24, 2.45) is 5.73 Å². The molecule has 0 saturated heterocycles. The number of halogens is 2. The number of hydrogen-bond donors (Lipinski definition) is 1. The Labute approximate surface area is 99.6 Å². The Morgan fingerprint density at radius 1 is 1.29 bits per heavy atom. The van der Waals surface area contributed by atoms with Gasteiger partial charge < -0.3 is 5.73 Å². The van der Waals surface area contributed by atoms with Crippen LogP contribution in [0.15, 0.2) is 18.2 Å². The number of benzene rings is 1. The molecule has 2 N–H and O–H groups in total. The zero-order valence-corrected chi connectivity index (χ0v) is 10.7. The van der Waals surface area contributed by atoms with Gasteiger partial charge in [0.15, 0.2) is 9.84 Å². The molecule has 0 aliphatic rings. The van der Waals surface area contributed by atoms with Gasteiger partial charge in [0.1, 0.15) is 11.6 Å². The second kappa shape index (κ2) is 4.34. The van der Waals surface area contributed by atoms with Gasteiger partial charge in [0.05, 0.1) is 10.8 Å². The van der Waals surface area contributed by atoms with Gasteiger partial charge in [0.2, 0.25) is 0 Å². The van der Waals surface area contributed by atoms with Gasteiger partial charge in [0, 0.05) is 17.9 Å². The van der Waals surface area contributed by atoms with Crippen LogP contribution in [-0.2, 0) is 9.84 Å². The maximum atomic E-state index is 13.5. The van der Waals surface area contributed by atoms with E-state index in [0.29, 0.717) is 6.07 Å². The summed E-state index contributed by atoms with van der Waals surface area (Å²) in [5.41, 5.74) is 5.76. The van der Waals surface area contributed by atoms with Crippen LogP contribution in [0.5, 0.6) is 0 Å². The second-order valence-electron chi connectivity index (χ2n) is 4.52. The summed E-state index contributed by atoms with van der Waals surface area (Å²) in [4.78, 5) is 0. The number of rotatable bonds is 3. The lowest BCUT2D eigenvalue weighted by molar-refractivity contribution is 0.475. The van der Waals surface area contributed by atoms with E-state index in [0.717, 1.165) is 12.3 Å². The largest absolute Gasteiger partial charge is 0.323 e. The van der Waals surface area contributed by atoms with Gasteiger partial charge in [-0.1, -0.05) is 6.07 Å². The Morgan fingerprint density at radius 3 is 2.24 bits per heavy atom. The average Bonchev–Trinajstić information content (AvgIpc) is 2.14.